The number of halogens is 1. The molecule has 2 aliphatic rings. The van der Waals surface area contributed by atoms with Crippen LogP contribution in [0.2, 0.25) is 5.02 Å². The quantitative estimate of drug-likeness (QED) is 0.488. The number of carbonyl (C=O) groups is 2. The third kappa shape index (κ3) is 4.51. The summed E-state index contributed by atoms with van der Waals surface area (Å²) in [5.74, 6) is 0.528. The lowest BCUT2D eigenvalue weighted by atomic mass is 9.99. The number of nitrogens with zero attached hydrogens (tertiary/aromatic N) is 1. The van der Waals surface area contributed by atoms with E-state index in [-0.39, 0.29) is 36.5 Å². The minimum absolute atomic E-state index is 0.0756. The molecule has 29 heavy (non-hydrogen) atoms. The lowest BCUT2D eigenvalue weighted by molar-refractivity contribution is -0.126. The van der Waals surface area contributed by atoms with Crippen LogP contribution in [-0.4, -0.2) is 56.5 Å². The van der Waals surface area contributed by atoms with E-state index in [1.165, 1.54) is 7.11 Å². The van der Waals surface area contributed by atoms with Crippen LogP contribution in [0.25, 0.3) is 5.57 Å². The van der Waals surface area contributed by atoms with Crippen LogP contribution in [0.4, 0.5) is 4.79 Å². The van der Waals surface area contributed by atoms with Gasteiger partial charge in [-0.05, 0) is 50.8 Å². The van der Waals surface area contributed by atoms with Crippen molar-refractivity contribution in [2.45, 2.75) is 39.2 Å². The number of amides is 1. The smallest absolute Gasteiger partial charge is 0.496 e. The molecule has 1 amide bonds. The van der Waals surface area contributed by atoms with Crippen molar-refractivity contribution >= 4 is 29.2 Å². The highest BCUT2D eigenvalue weighted by atomic mass is 35.5. The van der Waals surface area contributed by atoms with Gasteiger partial charge in [-0.3, -0.25) is 4.79 Å². The Kier molecular flexibility index (Phi) is 7.03. The molecular formula is C21H26ClNO6. The molecule has 1 aromatic carbocycles. The van der Waals surface area contributed by atoms with Crippen molar-refractivity contribution in [1.82, 2.24) is 4.90 Å². The molecule has 0 radical (unpaired) electrons. The van der Waals surface area contributed by atoms with Gasteiger partial charge in [-0.15, -0.1) is 0 Å². The van der Waals surface area contributed by atoms with Crippen LogP contribution < -0.4 is 4.74 Å². The standard InChI is InChI=1S/C21H26ClNO6/c1-4-27-9-10-28-21(25)29-19-15-7-5-6-8-23(15)20(24)18(19)17-14(22)11-13(2)12-16(17)26-3/h11-12,15H,4-10H2,1-3H3. The molecule has 1 aromatic rings. The van der Waals surface area contributed by atoms with Gasteiger partial charge >= 0.3 is 6.16 Å². The molecule has 0 aliphatic carbocycles. The fourth-order valence-corrected chi connectivity index (χ4v) is 4.13. The van der Waals surface area contributed by atoms with Gasteiger partial charge in [-0.25, -0.2) is 4.79 Å². The number of fused-ring (bicyclic) bond motifs is 1. The van der Waals surface area contributed by atoms with Crippen molar-refractivity contribution in [1.29, 1.82) is 0 Å². The summed E-state index contributed by atoms with van der Waals surface area (Å²) in [5.41, 5.74) is 1.61. The lowest BCUT2D eigenvalue weighted by Gasteiger charge is -2.30. The number of rotatable bonds is 7. The summed E-state index contributed by atoms with van der Waals surface area (Å²) in [6, 6.07) is 3.25. The van der Waals surface area contributed by atoms with Gasteiger partial charge < -0.3 is 23.8 Å². The number of aryl methyl sites for hydroxylation is 1. The van der Waals surface area contributed by atoms with Gasteiger partial charge in [0.1, 0.15) is 18.1 Å². The molecule has 0 aromatic heterocycles. The second-order valence-electron chi connectivity index (χ2n) is 6.97. The highest BCUT2D eigenvalue weighted by Gasteiger charge is 2.45. The Hall–Kier alpha value is -2.25. The van der Waals surface area contributed by atoms with Gasteiger partial charge in [-0.2, -0.15) is 0 Å². The highest BCUT2D eigenvalue weighted by Crippen LogP contribution is 2.44. The minimum atomic E-state index is -0.861. The van der Waals surface area contributed by atoms with Crippen LogP contribution in [-0.2, 0) is 19.0 Å². The molecule has 0 saturated carbocycles. The summed E-state index contributed by atoms with van der Waals surface area (Å²) in [4.78, 5) is 27.3. The van der Waals surface area contributed by atoms with Gasteiger partial charge in [0.05, 0.1) is 35.9 Å². The zero-order valence-corrected chi connectivity index (χ0v) is 17.7. The summed E-state index contributed by atoms with van der Waals surface area (Å²) in [7, 11) is 1.52. The molecule has 1 saturated heterocycles. The number of benzene rings is 1. The first-order chi connectivity index (χ1) is 14.0. The van der Waals surface area contributed by atoms with Crippen LogP contribution in [0.5, 0.6) is 5.75 Å². The van der Waals surface area contributed by atoms with Gasteiger partial charge in [0.15, 0.2) is 0 Å². The predicted molar refractivity (Wildman–Crippen MR) is 108 cm³/mol. The van der Waals surface area contributed by atoms with E-state index in [2.05, 4.69) is 0 Å². The molecule has 2 heterocycles. The first-order valence-corrected chi connectivity index (χ1v) is 10.2. The van der Waals surface area contributed by atoms with E-state index < -0.39 is 6.16 Å². The number of piperidine rings is 1. The van der Waals surface area contributed by atoms with E-state index in [1.54, 1.807) is 17.0 Å². The first kappa shape index (κ1) is 21.5. The van der Waals surface area contributed by atoms with Gasteiger partial charge in [0.2, 0.25) is 0 Å². The average Bonchev–Trinajstić information content (AvgIpc) is 2.97. The number of ether oxygens (including phenoxy) is 4. The van der Waals surface area contributed by atoms with Crippen molar-refractivity contribution in [3.63, 3.8) is 0 Å². The summed E-state index contributed by atoms with van der Waals surface area (Å²) in [5, 5.41) is 0.371. The van der Waals surface area contributed by atoms with Crippen molar-refractivity contribution in [3.05, 3.63) is 34.0 Å². The normalized spacial score (nSPS) is 18.7. The molecule has 0 bridgehead atoms. The van der Waals surface area contributed by atoms with E-state index in [0.717, 1.165) is 18.4 Å². The molecule has 8 heteroatoms. The Morgan fingerprint density at radius 1 is 1.28 bits per heavy atom. The van der Waals surface area contributed by atoms with Crippen molar-refractivity contribution < 1.29 is 28.5 Å². The van der Waals surface area contributed by atoms with Crippen LogP contribution >= 0.6 is 11.6 Å². The largest absolute Gasteiger partial charge is 0.513 e. The molecule has 0 N–H and O–H groups in total. The lowest BCUT2D eigenvalue weighted by Crippen LogP contribution is -2.40. The summed E-state index contributed by atoms with van der Waals surface area (Å²) in [6.45, 7) is 5.24. The van der Waals surface area contributed by atoms with E-state index in [0.29, 0.717) is 35.9 Å². The zero-order valence-electron chi connectivity index (χ0n) is 17.0. The third-order valence-electron chi connectivity index (χ3n) is 5.04. The zero-order chi connectivity index (χ0) is 21.0. The molecule has 2 aliphatic heterocycles. The van der Waals surface area contributed by atoms with Crippen molar-refractivity contribution in [2.75, 3.05) is 33.5 Å². The van der Waals surface area contributed by atoms with Gasteiger partial charge in [0.25, 0.3) is 5.91 Å². The molecule has 0 spiro atoms. The minimum Gasteiger partial charge on any atom is -0.496 e. The second-order valence-corrected chi connectivity index (χ2v) is 7.38. The highest BCUT2D eigenvalue weighted by molar-refractivity contribution is 6.36. The first-order valence-electron chi connectivity index (χ1n) is 9.79. The number of hydrogen-bond donors (Lipinski definition) is 0. The topological polar surface area (TPSA) is 74.3 Å². The monoisotopic (exact) mass is 423 g/mol. The Labute approximate surface area is 175 Å². The Bertz CT molecular complexity index is 822. The fourth-order valence-electron chi connectivity index (χ4n) is 3.77. The Morgan fingerprint density at radius 3 is 2.79 bits per heavy atom. The van der Waals surface area contributed by atoms with Crippen molar-refractivity contribution in [2.24, 2.45) is 0 Å². The molecular weight excluding hydrogens is 398 g/mol. The van der Waals surface area contributed by atoms with Crippen LogP contribution in [0.15, 0.2) is 17.9 Å². The van der Waals surface area contributed by atoms with Crippen LogP contribution in [0.3, 0.4) is 0 Å². The second kappa shape index (κ2) is 9.50. The summed E-state index contributed by atoms with van der Waals surface area (Å²) >= 11 is 6.50. The van der Waals surface area contributed by atoms with Crippen molar-refractivity contribution in [3.8, 4) is 5.75 Å². The molecule has 1 atom stereocenters. The molecule has 1 unspecified atom stereocenters. The molecule has 158 valence electrons. The Morgan fingerprint density at radius 2 is 2.07 bits per heavy atom. The molecule has 1 fully saturated rings. The maximum absolute atomic E-state index is 13.2. The molecule has 7 nitrogen and oxygen atoms in total. The van der Waals surface area contributed by atoms with E-state index in [4.69, 9.17) is 30.5 Å². The maximum atomic E-state index is 13.2. The third-order valence-corrected chi connectivity index (χ3v) is 5.34. The number of carbonyl (C=O) groups excluding carboxylic acids is 2. The van der Waals surface area contributed by atoms with Crippen LogP contribution in [0, 0.1) is 6.92 Å². The van der Waals surface area contributed by atoms with Crippen LogP contribution in [0.1, 0.15) is 37.3 Å². The number of hydrogen-bond acceptors (Lipinski definition) is 6. The van der Waals surface area contributed by atoms with Gasteiger partial charge in [-0.1, -0.05) is 11.6 Å². The predicted octanol–water partition coefficient (Wildman–Crippen LogP) is 3.95. The summed E-state index contributed by atoms with van der Waals surface area (Å²) in [6.07, 6.45) is 1.69. The Balaban J connectivity index is 1.98. The molecule has 3 rings (SSSR count). The van der Waals surface area contributed by atoms with E-state index >= 15 is 0 Å². The average molecular weight is 424 g/mol. The fraction of sp³-hybridized carbons (Fsp3) is 0.524. The maximum Gasteiger partial charge on any atom is 0.513 e. The number of methoxy groups -OCH3 is 1. The summed E-state index contributed by atoms with van der Waals surface area (Å²) < 4.78 is 21.3. The van der Waals surface area contributed by atoms with E-state index in [1.807, 2.05) is 13.8 Å². The van der Waals surface area contributed by atoms with E-state index in [9.17, 15) is 9.59 Å². The SMILES string of the molecule is CCOCCOC(=O)OC1=C(c2c(Cl)cc(C)cc2OC)C(=O)N2CCCCC12. The van der Waals surface area contributed by atoms with Gasteiger partial charge in [0, 0.05) is 13.2 Å².